The second-order valence-corrected chi connectivity index (χ2v) is 4.65. The van der Waals surface area contributed by atoms with E-state index >= 15 is 0 Å². The van der Waals surface area contributed by atoms with Gasteiger partial charge in [0.1, 0.15) is 0 Å². The molecule has 0 unspecified atom stereocenters. The Bertz CT molecular complexity index is 56.6. The molecule has 0 bridgehead atoms. The molecule has 0 fully saturated rings. The van der Waals surface area contributed by atoms with E-state index in [1.165, 1.54) is 44.3 Å². The molecule has 0 amide bonds. The van der Waals surface area contributed by atoms with Crippen molar-refractivity contribution < 1.29 is 0 Å². The molecular formula is C9H20S2. The first-order chi connectivity index (χ1) is 5.41. The second-order valence-electron chi connectivity index (χ2n) is 2.81. The second kappa shape index (κ2) is 10.7. The molecule has 0 atom stereocenters. The molecule has 0 rings (SSSR count). The lowest BCUT2D eigenvalue weighted by molar-refractivity contribution is 0.627. The van der Waals surface area contributed by atoms with E-state index in [0.717, 1.165) is 5.08 Å². The van der Waals surface area contributed by atoms with Crippen LogP contribution in [0.2, 0.25) is 0 Å². The molecule has 0 aliphatic rings. The monoisotopic (exact) mass is 192 g/mol. The Kier molecular flexibility index (Phi) is 11.4. The minimum Gasteiger partial charge on any atom is -0.168 e. The van der Waals surface area contributed by atoms with Gasteiger partial charge in [-0.1, -0.05) is 39.0 Å². The number of unbranched alkanes of at least 4 members (excludes halogenated alkanes) is 5. The highest BCUT2D eigenvalue weighted by molar-refractivity contribution is 8.09. The van der Waals surface area contributed by atoms with E-state index < -0.39 is 0 Å². The molecule has 0 saturated heterocycles. The van der Waals surface area contributed by atoms with Crippen LogP contribution in [0.5, 0.6) is 0 Å². The van der Waals surface area contributed by atoms with E-state index in [-0.39, 0.29) is 0 Å². The Balaban J connectivity index is 2.69. The van der Waals surface area contributed by atoms with Crippen molar-refractivity contribution in [3.05, 3.63) is 0 Å². The molecule has 0 aromatic rings. The number of hydrogen-bond acceptors (Lipinski definition) is 2. The summed E-state index contributed by atoms with van der Waals surface area (Å²) in [5.41, 5.74) is 0. The topological polar surface area (TPSA) is 0 Å². The Morgan fingerprint density at radius 3 is 2.27 bits per heavy atom. The summed E-state index contributed by atoms with van der Waals surface area (Å²) in [6, 6.07) is 0. The molecule has 0 spiro atoms. The normalized spacial score (nSPS) is 10.4. The summed E-state index contributed by atoms with van der Waals surface area (Å²) in [6.07, 6.45) is 8.43. The molecule has 0 heterocycles. The van der Waals surface area contributed by atoms with Crippen LogP contribution in [0.1, 0.15) is 45.4 Å². The fraction of sp³-hybridized carbons (Fsp3) is 1.00. The molecule has 2 heteroatoms. The van der Waals surface area contributed by atoms with E-state index in [9.17, 15) is 0 Å². The highest BCUT2D eigenvalue weighted by Gasteiger charge is 1.89. The van der Waals surface area contributed by atoms with E-state index in [1.807, 2.05) is 11.8 Å². The summed E-state index contributed by atoms with van der Waals surface area (Å²) in [6.45, 7) is 2.26. The van der Waals surface area contributed by atoms with E-state index in [0.29, 0.717) is 0 Å². The third-order valence-corrected chi connectivity index (χ3v) is 3.04. The van der Waals surface area contributed by atoms with Gasteiger partial charge < -0.3 is 0 Å². The first kappa shape index (κ1) is 11.7. The smallest absolute Gasteiger partial charge is 0.0361 e. The van der Waals surface area contributed by atoms with Crippen molar-refractivity contribution >= 4 is 24.4 Å². The minimum absolute atomic E-state index is 0.981. The van der Waals surface area contributed by atoms with Gasteiger partial charge in [0.2, 0.25) is 0 Å². The lowest BCUT2D eigenvalue weighted by atomic mass is 10.1. The summed E-state index contributed by atoms with van der Waals surface area (Å²) in [4.78, 5) is 0. The Morgan fingerprint density at radius 1 is 1.00 bits per heavy atom. The largest absolute Gasteiger partial charge is 0.168 e. The third kappa shape index (κ3) is 10.7. The molecule has 68 valence electrons. The summed E-state index contributed by atoms with van der Waals surface area (Å²) in [5, 5.41) is 0.981. The third-order valence-electron chi connectivity index (χ3n) is 1.73. The molecule has 0 aliphatic carbocycles. The maximum atomic E-state index is 4.14. The van der Waals surface area contributed by atoms with Crippen LogP contribution in [-0.2, 0) is 0 Å². The predicted octanol–water partition coefficient (Wildman–Crippen LogP) is 3.97. The van der Waals surface area contributed by atoms with Gasteiger partial charge in [-0.3, -0.25) is 0 Å². The highest BCUT2D eigenvalue weighted by atomic mass is 32.2. The summed E-state index contributed by atoms with van der Waals surface area (Å²) >= 11 is 6.08. The first-order valence-electron chi connectivity index (χ1n) is 4.60. The van der Waals surface area contributed by atoms with Crippen LogP contribution in [0, 0.1) is 0 Å². The molecule has 11 heavy (non-hydrogen) atoms. The van der Waals surface area contributed by atoms with Crippen molar-refractivity contribution in [1.82, 2.24) is 0 Å². The zero-order chi connectivity index (χ0) is 8.36. The number of thiol groups is 1. The quantitative estimate of drug-likeness (QED) is 0.345. The van der Waals surface area contributed by atoms with Crippen LogP contribution in [0.4, 0.5) is 0 Å². The standard InChI is InChI=1S/C9H20S2/c1-2-3-4-5-6-7-8-11-9-10/h10H,2-9H2,1H3. The molecule has 0 radical (unpaired) electrons. The molecule has 0 saturated carbocycles. The lowest BCUT2D eigenvalue weighted by Gasteiger charge is -1.98. The SMILES string of the molecule is CCCCCCCCSCS. The summed E-state index contributed by atoms with van der Waals surface area (Å²) in [7, 11) is 0. The van der Waals surface area contributed by atoms with Crippen LogP contribution < -0.4 is 0 Å². The Hall–Kier alpha value is 0.700. The van der Waals surface area contributed by atoms with Gasteiger partial charge in [0.25, 0.3) is 0 Å². The van der Waals surface area contributed by atoms with E-state index in [4.69, 9.17) is 0 Å². The van der Waals surface area contributed by atoms with Gasteiger partial charge in [-0.15, -0.1) is 0 Å². The van der Waals surface area contributed by atoms with Crippen molar-refractivity contribution in [2.45, 2.75) is 45.4 Å². The van der Waals surface area contributed by atoms with Gasteiger partial charge in [0.05, 0.1) is 0 Å². The van der Waals surface area contributed by atoms with Crippen LogP contribution in [0.25, 0.3) is 0 Å². The van der Waals surface area contributed by atoms with Crippen molar-refractivity contribution in [2.75, 3.05) is 10.8 Å². The summed E-state index contributed by atoms with van der Waals surface area (Å²) < 4.78 is 0. The van der Waals surface area contributed by atoms with Crippen LogP contribution in [0.3, 0.4) is 0 Å². The Labute approximate surface area is 80.9 Å². The van der Waals surface area contributed by atoms with Crippen LogP contribution in [-0.4, -0.2) is 10.8 Å². The maximum absolute atomic E-state index is 4.14. The number of rotatable bonds is 8. The maximum Gasteiger partial charge on any atom is 0.0361 e. The Morgan fingerprint density at radius 2 is 1.64 bits per heavy atom. The van der Waals surface area contributed by atoms with Crippen molar-refractivity contribution in [1.29, 1.82) is 0 Å². The van der Waals surface area contributed by atoms with Gasteiger partial charge in [-0.2, -0.15) is 24.4 Å². The van der Waals surface area contributed by atoms with E-state index in [2.05, 4.69) is 19.6 Å². The lowest BCUT2D eigenvalue weighted by Crippen LogP contribution is -1.81. The minimum atomic E-state index is 0.981. The molecular weight excluding hydrogens is 172 g/mol. The molecule has 0 nitrogen and oxygen atoms in total. The highest BCUT2D eigenvalue weighted by Crippen LogP contribution is 2.09. The van der Waals surface area contributed by atoms with Gasteiger partial charge in [-0.25, -0.2) is 0 Å². The molecule has 0 aliphatic heterocycles. The van der Waals surface area contributed by atoms with Crippen molar-refractivity contribution in [3.8, 4) is 0 Å². The van der Waals surface area contributed by atoms with Crippen LogP contribution >= 0.6 is 24.4 Å². The van der Waals surface area contributed by atoms with Crippen LogP contribution in [0.15, 0.2) is 0 Å². The van der Waals surface area contributed by atoms with E-state index in [1.54, 1.807) is 0 Å². The van der Waals surface area contributed by atoms with Crippen molar-refractivity contribution in [2.24, 2.45) is 0 Å². The average molecular weight is 192 g/mol. The molecule has 0 N–H and O–H groups in total. The zero-order valence-corrected chi connectivity index (χ0v) is 9.22. The van der Waals surface area contributed by atoms with Gasteiger partial charge in [0, 0.05) is 5.08 Å². The number of hydrogen-bond donors (Lipinski definition) is 1. The predicted molar refractivity (Wildman–Crippen MR) is 59.7 cm³/mol. The molecule has 0 aromatic heterocycles. The van der Waals surface area contributed by atoms with Gasteiger partial charge in [0.15, 0.2) is 0 Å². The van der Waals surface area contributed by atoms with Gasteiger partial charge in [-0.05, 0) is 12.2 Å². The molecule has 0 aromatic carbocycles. The average Bonchev–Trinajstić information content (AvgIpc) is 2.03. The van der Waals surface area contributed by atoms with Crippen molar-refractivity contribution in [3.63, 3.8) is 0 Å². The van der Waals surface area contributed by atoms with Gasteiger partial charge >= 0.3 is 0 Å². The zero-order valence-electron chi connectivity index (χ0n) is 7.51. The fourth-order valence-electron chi connectivity index (χ4n) is 1.05. The first-order valence-corrected chi connectivity index (χ1v) is 6.39. The number of thioether (sulfide) groups is 1. The summed E-state index contributed by atoms with van der Waals surface area (Å²) in [5.74, 6) is 1.30. The fourth-order valence-corrected chi connectivity index (χ4v) is 1.97.